The van der Waals surface area contributed by atoms with Gasteiger partial charge in [-0.1, -0.05) is 29.3 Å². The summed E-state index contributed by atoms with van der Waals surface area (Å²) >= 11 is 12.1. The molecule has 1 atom stereocenters. The molecule has 1 aliphatic carbocycles. The predicted octanol–water partition coefficient (Wildman–Crippen LogP) is 3.91. The number of hydrogen-bond acceptors (Lipinski definition) is 2. The minimum absolute atomic E-state index is 0.463. The summed E-state index contributed by atoms with van der Waals surface area (Å²) in [5.41, 5.74) is 2.56. The van der Waals surface area contributed by atoms with Crippen LogP contribution < -0.4 is 0 Å². The molecule has 2 aromatic rings. The molecule has 0 saturated carbocycles. The number of rotatable bonds is 0. The maximum Gasteiger partial charge on any atom is 0.0963 e. The quantitative estimate of drug-likeness (QED) is 0.785. The Hall–Kier alpha value is -0.830. The monoisotopic (exact) mass is 267 g/mol. The van der Waals surface area contributed by atoms with Gasteiger partial charge in [-0.05, 0) is 37.0 Å². The highest BCUT2D eigenvalue weighted by molar-refractivity contribution is 6.45. The first-order valence-corrected chi connectivity index (χ1v) is 6.38. The van der Waals surface area contributed by atoms with Crippen LogP contribution in [0.5, 0.6) is 0 Å². The number of pyridine rings is 1. The summed E-state index contributed by atoms with van der Waals surface area (Å²) in [5.74, 6) is 0. The van der Waals surface area contributed by atoms with Crippen molar-refractivity contribution < 1.29 is 5.11 Å². The fourth-order valence-electron chi connectivity index (χ4n) is 2.35. The van der Waals surface area contributed by atoms with Crippen LogP contribution in [0.15, 0.2) is 18.2 Å². The Bertz CT molecular complexity index is 597. The number of aromatic nitrogens is 1. The van der Waals surface area contributed by atoms with Gasteiger partial charge in [0.2, 0.25) is 0 Å². The van der Waals surface area contributed by atoms with E-state index in [2.05, 4.69) is 11.1 Å². The molecule has 0 aliphatic heterocycles. The molecule has 1 N–H and O–H groups in total. The van der Waals surface area contributed by atoms with E-state index in [0.29, 0.717) is 15.6 Å². The molecule has 17 heavy (non-hydrogen) atoms. The maximum absolute atomic E-state index is 9.94. The van der Waals surface area contributed by atoms with Crippen LogP contribution in [0.25, 0.3) is 10.9 Å². The van der Waals surface area contributed by atoms with Gasteiger partial charge in [-0.25, -0.2) is 4.98 Å². The standard InChI is InChI=1S/C13H11Cl2NO/c14-9-5-4-8-6-7-2-1-3-10(17)12(7)16-13(8)11(9)15/h4-6,10,17H,1-3H2. The lowest BCUT2D eigenvalue weighted by molar-refractivity contribution is 0.152. The van der Waals surface area contributed by atoms with Gasteiger partial charge in [-0.15, -0.1) is 0 Å². The van der Waals surface area contributed by atoms with Crippen LogP contribution in [-0.4, -0.2) is 10.1 Å². The zero-order chi connectivity index (χ0) is 12.0. The lowest BCUT2D eigenvalue weighted by Gasteiger charge is -2.21. The molecule has 1 unspecified atom stereocenters. The predicted molar refractivity (Wildman–Crippen MR) is 69.7 cm³/mol. The van der Waals surface area contributed by atoms with Crippen molar-refractivity contribution in [1.29, 1.82) is 0 Å². The third-order valence-electron chi connectivity index (χ3n) is 3.23. The fourth-order valence-corrected chi connectivity index (χ4v) is 2.72. The molecule has 0 amide bonds. The average molecular weight is 268 g/mol. The molecule has 0 saturated heterocycles. The molecule has 3 rings (SSSR count). The number of halogens is 2. The van der Waals surface area contributed by atoms with Gasteiger partial charge in [-0.3, -0.25) is 0 Å². The van der Waals surface area contributed by atoms with Gasteiger partial charge in [0.15, 0.2) is 0 Å². The molecular formula is C13H11Cl2NO. The highest BCUT2D eigenvalue weighted by atomic mass is 35.5. The Morgan fingerprint density at radius 3 is 2.94 bits per heavy atom. The molecule has 4 heteroatoms. The number of aliphatic hydroxyl groups excluding tert-OH is 1. The van der Waals surface area contributed by atoms with Crippen LogP contribution in [0.4, 0.5) is 0 Å². The first kappa shape index (κ1) is 11.3. The Balaban J connectivity index is 2.32. The normalized spacial score (nSPS) is 19.4. The highest BCUT2D eigenvalue weighted by Crippen LogP contribution is 2.35. The minimum atomic E-state index is -0.474. The van der Waals surface area contributed by atoms with Crippen molar-refractivity contribution in [2.75, 3.05) is 0 Å². The summed E-state index contributed by atoms with van der Waals surface area (Å²) < 4.78 is 0. The van der Waals surface area contributed by atoms with E-state index in [-0.39, 0.29) is 0 Å². The summed E-state index contributed by atoms with van der Waals surface area (Å²) in [5, 5.41) is 11.9. The van der Waals surface area contributed by atoms with Crippen molar-refractivity contribution >= 4 is 34.1 Å². The molecule has 0 spiro atoms. The minimum Gasteiger partial charge on any atom is -0.387 e. The second-order valence-electron chi connectivity index (χ2n) is 4.37. The number of aryl methyl sites for hydroxylation is 1. The van der Waals surface area contributed by atoms with E-state index in [1.165, 1.54) is 0 Å². The summed E-state index contributed by atoms with van der Waals surface area (Å²) in [6.07, 6.45) is 2.26. The second-order valence-corrected chi connectivity index (χ2v) is 5.16. The van der Waals surface area contributed by atoms with E-state index >= 15 is 0 Å². The van der Waals surface area contributed by atoms with E-state index in [1.807, 2.05) is 6.07 Å². The first-order valence-electron chi connectivity index (χ1n) is 5.62. The third kappa shape index (κ3) is 1.81. The summed E-state index contributed by atoms with van der Waals surface area (Å²) in [7, 11) is 0. The molecule has 0 bridgehead atoms. The van der Waals surface area contributed by atoms with Crippen LogP contribution >= 0.6 is 23.2 Å². The Kier molecular flexibility index (Phi) is 2.74. The first-order chi connectivity index (χ1) is 8.16. The zero-order valence-corrected chi connectivity index (χ0v) is 10.6. The van der Waals surface area contributed by atoms with Gasteiger partial charge >= 0.3 is 0 Å². The van der Waals surface area contributed by atoms with Gasteiger partial charge in [0.25, 0.3) is 0 Å². The Morgan fingerprint density at radius 2 is 2.12 bits per heavy atom. The third-order valence-corrected chi connectivity index (χ3v) is 4.02. The van der Waals surface area contributed by atoms with Crippen molar-refractivity contribution in [3.63, 3.8) is 0 Å². The summed E-state index contributed by atoms with van der Waals surface area (Å²) in [6, 6.07) is 5.75. The Morgan fingerprint density at radius 1 is 1.29 bits per heavy atom. The SMILES string of the molecule is OC1CCCc2cc3ccc(Cl)c(Cl)c3nc21. The topological polar surface area (TPSA) is 33.1 Å². The Labute approximate surface area is 109 Å². The number of hydrogen-bond donors (Lipinski definition) is 1. The van der Waals surface area contributed by atoms with Crippen molar-refractivity contribution in [2.45, 2.75) is 25.4 Å². The van der Waals surface area contributed by atoms with Crippen molar-refractivity contribution in [1.82, 2.24) is 4.98 Å². The van der Waals surface area contributed by atoms with Gasteiger partial charge in [0.1, 0.15) is 0 Å². The zero-order valence-electron chi connectivity index (χ0n) is 9.08. The van der Waals surface area contributed by atoms with Gasteiger partial charge < -0.3 is 5.11 Å². The van der Waals surface area contributed by atoms with Crippen LogP contribution in [0.2, 0.25) is 10.0 Å². The van der Waals surface area contributed by atoms with Crippen LogP contribution in [0.3, 0.4) is 0 Å². The number of nitrogens with zero attached hydrogens (tertiary/aromatic N) is 1. The van der Waals surface area contributed by atoms with Crippen molar-refractivity contribution in [3.8, 4) is 0 Å². The maximum atomic E-state index is 9.94. The molecule has 1 heterocycles. The number of fused-ring (bicyclic) bond motifs is 2. The van der Waals surface area contributed by atoms with Crippen LogP contribution in [-0.2, 0) is 6.42 Å². The fraction of sp³-hybridized carbons (Fsp3) is 0.308. The van der Waals surface area contributed by atoms with E-state index in [9.17, 15) is 5.11 Å². The lowest BCUT2D eigenvalue weighted by Crippen LogP contribution is -2.11. The van der Waals surface area contributed by atoms with E-state index in [4.69, 9.17) is 23.2 Å². The second kappa shape index (κ2) is 4.13. The van der Waals surface area contributed by atoms with E-state index in [1.54, 1.807) is 6.07 Å². The van der Waals surface area contributed by atoms with Gasteiger partial charge in [0, 0.05) is 5.39 Å². The number of benzene rings is 1. The smallest absolute Gasteiger partial charge is 0.0963 e. The highest BCUT2D eigenvalue weighted by Gasteiger charge is 2.21. The molecule has 88 valence electrons. The molecule has 1 aromatic heterocycles. The van der Waals surface area contributed by atoms with Crippen molar-refractivity contribution in [3.05, 3.63) is 39.5 Å². The summed E-state index contributed by atoms with van der Waals surface area (Å²) in [4.78, 5) is 4.49. The van der Waals surface area contributed by atoms with Gasteiger partial charge in [0.05, 0.1) is 27.4 Å². The molecule has 0 radical (unpaired) electrons. The summed E-state index contributed by atoms with van der Waals surface area (Å²) in [6.45, 7) is 0. The molecular weight excluding hydrogens is 257 g/mol. The molecule has 0 fully saturated rings. The van der Waals surface area contributed by atoms with Crippen LogP contribution in [0, 0.1) is 0 Å². The van der Waals surface area contributed by atoms with E-state index in [0.717, 1.165) is 35.9 Å². The molecule has 1 aliphatic rings. The lowest BCUT2D eigenvalue weighted by atomic mass is 9.92. The molecule has 2 nitrogen and oxygen atoms in total. The van der Waals surface area contributed by atoms with Crippen molar-refractivity contribution in [2.24, 2.45) is 0 Å². The molecule has 1 aromatic carbocycles. The van der Waals surface area contributed by atoms with E-state index < -0.39 is 6.10 Å². The largest absolute Gasteiger partial charge is 0.387 e. The van der Waals surface area contributed by atoms with Gasteiger partial charge in [-0.2, -0.15) is 0 Å². The number of aliphatic hydroxyl groups is 1. The average Bonchev–Trinajstić information content (AvgIpc) is 2.33. The van der Waals surface area contributed by atoms with Crippen LogP contribution in [0.1, 0.15) is 30.2 Å².